The standard InChI is InChI=1S/C19H19NO7S/c1-12-8-9-13(28(3,24)25)10-15(12)19(23)27-11-17(21)20-18(22)14-6-4-5-7-16(14)26-2/h4-10H,11H2,1-3H3,(H,20,21,22). The number of sulfone groups is 1. The lowest BCUT2D eigenvalue weighted by Gasteiger charge is -2.10. The number of hydrogen-bond donors (Lipinski definition) is 1. The van der Waals surface area contributed by atoms with E-state index in [4.69, 9.17) is 9.47 Å². The van der Waals surface area contributed by atoms with Gasteiger partial charge in [0.25, 0.3) is 11.8 Å². The minimum atomic E-state index is -3.50. The molecule has 0 saturated heterocycles. The quantitative estimate of drug-likeness (QED) is 0.724. The van der Waals surface area contributed by atoms with Gasteiger partial charge in [-0.3, -0.25) is 14.9 Å². The van der Waals surface area contributed by atoms with E-state index in [1.54, 1.807) is 25.1 Å². The van der Waals surface area contributed by atoms with Crippen molar-refractivity contribution in [2.24, 2.45) is 0 Å². The first-order valence-electron chi connectivity index (χ1n) is 8.08. The van der Waals surface area contributed by atoms with Gasteiger partial charge in [-0.25, -0.2) is 13.2 Å². The molecule has 1 N–H and O–H groups in total. The first-order chi connectivity index (χ1) is 13.1. The maximum absolute atomic E-state index is 12.2. The fraction of sp³-hybridized carbons (Fsp3) is 0.211. The molecule has 0 aliphatic rings. The third kappa shape index (κ3) is 5.17. The third-order valence-corrected chi connectivity index (χ3v) is 4.91. The molecule has 0 aliphatic heterocycles. The number of nitrogens with one attached hydrogen (secondary N) is 1. The number of esters is 1. The Bertz CT molecular complexity index is 1030. The summed E-state index contributed by atoms with van der Waals surface area (Å²) >= 11 is 0. The Morgan fingerprint density at radius 2 is 1.71 bits per heavy atom. The molecule has 0 aliphatic carbocycles. The molecule has 0 heterocycles. The van der Waals surface area contributed by atoms with Crippen LogP contribution in [0.2, 0.25) is 0 Å². The summed E-state index contributed by atoms with van der Waals surface area (Å²) < 4.78 is 33.2. The average Bonchev–Trinajstić information content (AvgIpc) is 2.65. The number of benzene rings is 2. The second kappa shape index (κ2) is 8.66. The van der Waals surface area contributed by atoms with Gasteiger partial charge in [0.15, 0.2) is 16.4 Å². The molecule has 0 fully saturated rings. The Labute approximate surface area is 162 Å². The van der Waals surface area contributed by atoms with Gasteiger partial charge in [-0.05, 0) is 36.8 Å². The van der Waals surface area contributed by atoms with Crippen molar-refractivity contribution in [1.29, 1.82) is 0 Å². The van der Waals surface area contributed by atoms with Crippen LogP contribution in [0.3, 0.4) is 0 Å². The zero-order valence-electron chi connectivity index (χ0n) is 15.5. The fourth-order valence-electron chi connectivity index (χ4n) is 2.32. The van der Waals surface area contributed by atoms with Crippen molar-refractivity contribution in [3.8, 4) is 5.75 Å². The molecular formula is C19H19NO7S. The smallest absolute Gasteiger partial charge is 0.338 e. The molecule has 0 radical (unpaired) electrons. The number of para-hydroxylation sites is 1. The molecule has 2 aromatic rings. The lowest BCUT2D eigenvalue weighted by atomic mass is 10.1. The summed E-state index contributed by atoms with van der Waals surface area (Å²) in [7, 11) is -2.11. The molecule has 148 valence electrons. The number of carbonyl (C=O) groups is 3. The van der Waals surface area contributed by atoms with Crippen LogP contribution in [0.15, 0.2) is 47.4 Å². The molecule has 0 unspecified atom stereocenters. The Kier molecular flexibility index (Phi) is 6.53. The highest BCUT2D eigenvalue weighted by Crippen LogP contribution is 2.18. The van der Waals surface area contributed by atoms with Crippen molar-refractivity contribution in [2.45, 2.75) is 11.8 Å². The summed E-state index contributed by atoms with van der Waals surface area (Å²) in [5, 5.41) is 2.10. The van der Waals surface area contributed by atoms with Gasteiger partial charge in [-0.1, -0.05) is 18.2 Å². The summed E-state index contributed by atoms with van der Waals surface area (Å²) in [6.07, 6.45) is 1.02. The van der Waals surface area contributed by atoms with E-state index >= 15 is 0 Å². The number of imide groups is 1. The highest BCUT2D eigenvalue weighted by molar-refractivity contribution is 7.90. The minimum absolute atomic E-state index is 0.0202. The largest absolute Gasteiger partial charge is 0.496 e. The van der Waals surface area contributed by atoms with Crippen molar-refractivity contribution in [2.75, 3.05) is 20.0 Å². The van der Waals surface area contributed by atoms with Gasteiger partial charge < -0.3 is 9.47 Å². The van der Waals surface area contributed by atoms with Crippen LogP contribution in [-0.4, -0.2) is 46.2 Å². The van der Waals surface area contributed by atoms with Crippen LogP contribution in [0.5, 0.6) is 5.75 Å². The van der Waals surface area contributed by atoms with E-state index in [0.29, 0.717) is 5.56 Å². The minimum Gasteiger partial charge on any atom is -0.496 e. The molecule has 2 amide bonds. The van der Waals surface area contributed by atoms with Crippen LogP contribution in [0, 0.1) is 6.92 Å². The van der Waals surface area contributed by atoms with Gasteiger partial charge in [0.1, 0.15) is 5.75 Å². The molecule has 0 saturated carbocycles. The Morgan fingerprint density at radius 3 is 2.36 bits per heavy atom. The lowest BCUT2D eigenvalue weighted by molar-refractivity contribution is -0.123. The Hall–Kier alpha value is -3.20. The molecule has 0 spiro atoms. The summed E-state index contributed by atoms with van der Waals surface area (Å²) in [4.78, 5) is 36.2. The van der Waals surface area contributed by atoms with Crippen LogP contribution in [0.4, 0.5) is 0 Å². The van der Waals surface area contributed by atoms with Crippen molar-refractivity contribution in [3.05, 3.63) is 59.2 Å². The summed E-state index contributed by atoms with van der Waals surface area (Å²) in [5.74, 6) is -2.11. The van der Waals surface area contributed by atoms with Gasteiger partial charge in [0, 0.05) is 6.26 Å². The van der Waals surface area contributed by atoms with Gasteiger partial charge in [-0.2, -0.15) is 0 Å². The molecule has 0 atom stereocenters. The van der Waals surface area contributed by atoms with Crippen molar-refractivity contribution >= 4 is 27.6 Å². The van der Waals surface area contributed by atoms with Gasteiger partial charge >= 0.3 is 5.97 Å². The second-order valence-electron chi connectivity index (χ2n) is 5.90. The van der Waals surface area contributed by atoms with Gasteiger partial charge in [0.2, 0.25) is 0 Å². The first-order valence-corrected chi connectivity index (χ1v) is 9.97. The number of hydrogen-bond acceptors (Lipinski definition) is 7. The number of rotatable bonds is 6. The van der Waals surface area contributed by atoms with Crippen LogP contribution in [-0.2, 0) is 19.4 Å². The maximum Gasteiger partial charge on any atom is 0.338 e. The monoisotopic (exact) mass is 405 g/mol. The van der Waals surface area contributed by atoms with Crippen molar-refractivity contribution in [1.82, 2.24) is 5.32 Å². The zero-order chi connectivity index (χ0) is 20.9. The number of aryl methyl sites for hydroxylation is 1. The molecule has 0 bridgehead atoms. The van der Waals surface area contributed by atoms with E-state index in [0.717, 1.165) is 6.26 Å². The normalized spacial score (nSPS) is 10.8. The number of ether oxygens (including phenoxy) is 2. The van der Waals surface area contributed by atoms with E-state index < -0.39 is 34.2 Å². The SMILES string of the molecule is COc1ccccc1C(=O)NC(=O)COC(=O)c1cc(S(C)(=O)=O)ccc1C. The van der Waals surface area contributed by atoms with E-state index in [-0.39, 0.29) is 21.8 Å². The van der Waals surface area contributed by atoms with Crippen LogP contribution in [0.1, 0.15) is 26.3 Å². The Balaban J connectivity index is 2.03. The summed E-state index contributed by atoms with van der Waals surface area (Å²) in [5.41, 5.74) is 0.663. The highest BCUT2D eigenvalue weighted by Gasteiger charge is 2.19. The number of carbonyl (C=O) groups excluding carboxylic acids is 3. The van der Waals surface area contributed by atoms with Gasteiger partial charge in [0.05, 0.1) is 23.1 Å². The predicted octanol–water partition coefficient (Wildman–Crippen LogP) is 1.52. The number of methoxy groups -OCH3 is 1. The van der Waals surface area contributed by atoms with E-state index in [2.05, 4.69) is 5.32 Å². The predicted molar refractivity (Wildman–Crippen MR) is 100 cm³/mol. The second-order valence-corrected chi connectivity index (χ2v) is 7.92. The molecule has 9 heteroatoms. The fourth-order valence-corrected chi connectivity index (χ4v) is 2.97. The lowest BCUT2D eigenvalue weighted by Crippen LogP contribution is -2.34. The zero-order valence-corrected chi connectivity index (χ0v) is 16.3. The van der Waals surface area contributed by atoms with E-state index in [1.165, 1.54) is 31.4 Å². The molecule has 2 rings (SSSR count). The van der Waals surface area contributed by atoms with Crippen LogP contribution < -0.4 is 10.1 Å². The highest BCUT2D eigenvalue weighted by atomic mass is 32.2. The third-order valence-electron chi connectivity index (χ3n) is 3.80. The van der Waals surface area contributed by atoms with Gasteiger partial charge in [-0.15, -0.1) is 0 Å². The average molecular weight is 405 g/mol. The van der Waals surface area contributed by atoms with Crippen molar-refractivity contribution in [3.63, 3.8) is 0 Å². The number of amides is 2. The summed E-state index contributed by atoms with van der Waals surface area (Å²) in [6.45, 7) is 0.899. The maximum atomic E-state index is 12.2. The molecule has 8 nitrogen and oxygen atoms in total. The van der Waals surface area contributed by atoms with E-state index in [1.807, 2.05) is 0 Å². The molecule has 2 aromatic carbocycles. The molecule has 0 aromatic heterocycles. The van der Waals surface area contributed by atoms with Crippen molar-refractivity contribution < 1.29 is 32.3 Å². The first kappa shape index (κ1) is 21.1. The summed E-state index contributed by atoms with van der Waals surface area (Å²) in [6, 6.07) is 10.4. The molecule has 28 heavy (non-hydrogen) atoms. The van der Waals surface area contributed by atoms with Crippen LogP contribution >= 0.6 is 0 Å². The van der Waals surface area contributed by atoms with Crippen LogP contribution in [0.25, 0.3) is 0 Å². The topological polar surface area (TPSA) is 116 Å². The van der Waals surface area contributed by atoms with E-state index in [9.17, 15) is 22.8 Å². The molecular weight excluding hydrogens is 386 g/mol. The Morgan fingerprint density at radius 1 is 1.04 bits per heavy atom.